The third-order valence-corrected chi connectivity index (χ3v) is 5.53. The number of rotatable bonds is 17. The fourth-order valence-electron chi connectivity index (χ4n) is 3.48. The molecular formula is C20H43BrIN. The van der Waals surface area contributed by atoms with Crippen LogP contribution in [0.25, 0.3) is 0 Å². The van der Waals surface area contributed by atoms with Crippen LogP contribution in [0.4, 0.5) is 0 Å². The first-order valence-corrected chi connectivity index (χ1v) is 11.3. The van der Waals surface area contributed by atoms with Crippen LogP contribution in [0.5, 0.6) is 0 Å². The van der Waals surface area contributed by atoms with Gasteiger partial charge in [-0.2, -0.15) is 0 Å². The smallest absolute Gasteiger partial charge is 0.0786 e. The second-order valence-corrected chi connectivity index (χ2v) is 7.90. The Kier molecular flexibility index (Phi) is 22.4. The van der Waals surface area contributed by atoms with Gasteiger partial charge in [0.1, 0.15) is 0 Å². The molecule has 0 bridgehead atoms. The average molecular weight is 504 g/mol. The van der Waals surface area contributed by atoms with Crippen LogP contribution in [0, 0.1) is 0 Å². The third kappa shape index (κ3) is 15.2. The molecule has 0 fully saturated rings. The van der Waals surface area contributed by atoms with Gasteiger partial charge in [0.25, 0.3) is 0 Å². The minimum Gasteiger partial charge on any atom is -1.00 e. The molecule has 0 spiro atoms. The topological polar surface area (TPSA) is 0 Å². The number of unbranched alkanes of at least 4 members (excludes halogenated alkanes) is 8. The zero-order valence-corrected chi connectivity index (χ0v) is 20.0. The molecule has 0 heterocycles. The van der Waals surface area contributed by atoms with E-state index in [-0.39, 0.29) is 24.0 Å². The van der Waals surface area contributed by atoms with Crippen LogP contribution in [0.1, 0.15) is 97.8 Å². The number of hydrogen-bond donors (Lipinski definition) is 0. The van der Waals surface area contributed by atoms with Crippen molar-refractivity contribution in [1.29, 1.82) is 0 Å². The van der Waals surface area contributed by atoms with Crippen LogP contribution in [-0.4, -0.2) is 36.0 Å². The van der Waals surface area contributed by atoms with E-state index in [2.05, 4.69) is 36.7 Å². The van der Waals surface area contributed by atoms with E-state index in [1.54, 1.807) is 0 Å². The largest absolute Gasteiger partial charge is 1.00 e. The minimum absolute atomic E-state index is 0. The molecule has 0 aromatic heterocycles. The summed E-state index contributed by atoms with van der Waals surface area (Å²) < 4.78 is 1.43. The highest BCUT2D eigenvalue weighted by atomic mass is 127. The predicted octanol–water partition coefficient (Wildman–Crippen LogP) is 3.94. The SMILES string of the molecule is CCCCCC[N+](CCCCC)(CCCCC)CCCCBr.[I-]. The van der Waals surface area contributed by atoms with E-state index in [1.165, 1.54) is 113 Å². The highest BCUT2D eigenvalue weighted by molar-refractivity contribution is 9.09. The van der Waals surface area contributed by atoms with Gasteiger partial charge in [0.15, 0.2) is 0 Å². The summed E-state index contributed by atoms with van der Waals surface area (Å²) in [6.45, 7) is 12.7. The Bertz CT molecular complexity index is 197. The van der Waals surface area contributed by atoms with Crippen LogP contribution in [0.3, 0.4) is 0 Å². The first-order chi connectivity index (χ1) is 10.7. The molecule has 0 saturated heterocycles. The van der Waals surface area contributed by atoms with Gasteiger partial charge in [-0.05, 0) is 51.4 Å². The molecule has 0 saturated carbocycles. The van der Waals surface area contributed by atoms with Crippen molar-refractivity contribution >= 4 is 15.9 Å². The van der Waals surface area contributed by atoms with Gasteiger partial charge in [0.2, 0.25) is 0 Å². The van der Waals surface area contributed by atoms with Gasteiger partial charge in [0.05, 0.1) is 26.2 Å². The standard InChI is InChI=1S/C20H43BrN.HI/c1-4-7-10-14-19-22(17-12-8-5-2,18-13-9-6-3)20-15-11-16-21;/h4-20H2,1-3H3;1H/q+1;/p-1. The van der Waals surface area contributed by atoms with Gasteiger partial charge in [-0.3, -0.25) is 0 Å². The fourth-order valence-corrected chi connectivity index (χ4v) is 3.88. The Balaban J connectivity index is 0. The fraction of sp³-hybridized carbons (Fsp3) is 1.00. The van der Waals surface area contributed by atoms with E-state index in [9.17, 15) is 0 Å². The molecule has 0 N–H and O–H groups in total. The van der Waals surface area contributed by atoms with Crippen molar-refractivity contribution in [2.75, 3.05) is 31.5 Å². The summed E-state index contributed by atoms with van der Waals surface area (Å²) >= 11 is 3.61. The monoisotopic (exact) mass is 503 g/mol. The lowest BCUT2D eigenvalue weighted by molar-refractivity contribution is -0.929. The average Bonchev–Trinajstić information content (AvgIpc) is 2.52. The van der Waals surface area contributed by atoms with Crippen molar-refractivity contribution < 1.29 is 28.5 Å². The molecular weight excluding hydrogens is 461 g/mol. The maximum absolute atomic E-state index is 3.61. The Morgan fingerprint density at radius 1 is 0.522 bits per heavy atom. The summed E-state index contributed by atoms with van der Waals surface area (Å²) in [4.78, 5) is 0. The Morgan fingerprint density at radius 3 is 1.26 bits per heavy atom. The van der Waals surface area contributed by atoms with E-state index in [0.717, 1.165) is 0 Å². The molecule has 0 unspecified atom stereocenters. The molecule has 0 aliphatic heterocycles. The molecule has 0 rings (SSSR count). The molecule has 0 atom stereocenters. The predicted molar refractivity (Wildman–Crippen MR) is 106 cm³/mol. The molecule has 1 nitrogen and oxygen atoms in total. The van der Waals surface area contributed by atoms with Crippen molar-refractivity contribution in [2.24, 2.45) is 0 Å². The van der Waals surface area contributed by atoms with Crippen molar-refractivity contribution in [3.8, 4) is 0 Å². The Morgan fingerprint density at radius 2 is 0.870 bits per heavy atom. The summed E-state index contributed by atoms with van der Waals surface area (Å²) in [7, 11) is 0. The number of hydrogen-bond acceptors (Lipinski definition) is 0. The minimum atomic E-state index is 0. The maximum atomic E-state index is 3.61. The van der Waals surface area contributed by atoms with E-state index in [4.69, 9.17) is 0 Å². The first kappa shape index (κ1) is 26.4. The second-order valence-electron chi connectivity index (χ2n) is 7.11. The maximum Gasteiger partial charge on any atom is 0.0786 e. The summed E-state index contributed by atoms with van der Waals surface area (Å²) in [6, 6.07) is 0. The van der Waals surface area contributed by atoms with E-state index < -0.39 is 0 Å². The zero-order chi connectivity index (χ0) is 16.5. The van der Waals surface area contributed by atoms with Crippen molar-refractivity contribution in [2.45, 2.75) is 97.8 Å². The van der Waals surface area contributed by atoms with Gasteiger partial charge in [-0.25, -0.2) is 0 Å². The molecule has 142 valence electrons. The van der Waals surface area contributed by atoms with Gasteiger partial charge in [-0.1, -0.05) is 62.4 Å². The quantitative estimate of drug-likeness (QED) is 0.122. The van der Waals surface area contributed by atoms with Crippen molar-refractivity contribution in [1.82, 2.24) is 0 Å². The molecule has 0 aliphatic rings. The normalized spacial score (nSPS) is 11.5. The van der Waals surface area contributed by atoms with E-state index in [1.807, 2.05) is 0 Å². The van der Waals surface area contributed by atoms with Crippen LogP contribution in [0.2, 0.25) is 0 Å². The molecule has 23 heavy (non-hydrogen) atoms. The van der Waals surface area contributed by atoms with Crippen LogP contribution in [-0.2, 0) is 0 Å². The molecule has 0 radical (unpaired) electrons. The van der Waals surface area contributed by atoms with Crippen LogP contribution < -0.4 is 24.0 Å². The Labute approximate surface area is 173 Å². The summed E-state index contributed by atoms with van der Waals surface area (Å²) in [5.74, 6) is 0. The molecule has 3 heteroatoms. The first-order valence-electron chi connectivity index (χ1n) is 10.2. The molecule has 0 aliphatic carbocycles. The number of halogens is 2. The van der Waals surface area contributed by atoms with Gasteiger partial charge in [-0.15, -0.1) is 0 Å². The van der Waals surface area contributed by atoms with Crippen LogP contribution in [0.15, 0.2) is 0 Å². The second kappa shape index (κ2) is 19.5. The summed E-state index contributed by atoms with van der Waals surface area (Å²) in [6.07, 6.45) is 16.8. The zero-order valence-electron chi connectivity index (χ0n) is 16.2. The summed E-state index contributed by atoms with van der Waals surface area (Å²) in [5.41, 5.74) is 0. The van der Waals surface area contributed by atoms with Crippen molar-refractivity contribution in [3.05, 3.63) is 0 Å². The Hall–Kier alpha value is 1.17. The number of alkyl halides is 1. The number of nitrogens with zero attached hydrogens (tertiary/aromatic N) is 1. The van der Waals surface area contributed by atoms with Gasteiger partial charge in [0, 0.05) is 5.33 Å². The van der Waals surface area contributed by atoms with Gasteiger partial charge < -0.3 is 28.5 Å². The lowest BCUT2D eigenvalue weighted by atomic mass is 10.1. The third-order valence-electron chi connectivity index (χ3n) is 4.97. The lowest BCUT2D eigenvalue weighted by Crippen LogP contribution is -3.00. The summed E-state index contributed by atoms with van der Waals surface area (Å²) in [5, 5.41) is 1.17. The highest BCUT2D eigenvalue weighted by Gasteiger charge is 2.25. The van der Waals surface area contributed by atoms with E-state index in [0.29, 0.717) is 0 Å². The molecule has 0 aromatic carbocycles. The molecule has 0 amide bonds. The van der Waals surface area contributed by atoms with E-state index >= 15 is 0 Å². The van der Waals surface area contributed by atoms with Gasteiger partial charge >= 0.3 is 0 Å². The molecule has 0 aromatic rings. The van der Waals surface area contributed by atoms with Crippen molar-refractivity contribution in [3.63, 3.8) is 0 Å². The van der Waals surface area contributed by atoms with Crippen LogP contribution >= 0.6 is 15.9 Å². The number of quaternary nitrogens is 1. The lowest BCUT2D eigenvalue weighted by Gasteiger charge is -2.39. The highest BCUT2D eigenvalue weighted by Crippen LogP contribution is 2.18.